The Morgan fingerprint density at radius 1 is 0.952 bits per heavy atom. The van der Waals surface area contributed by atoms with Gasteiger partial charge in [0.25, 0.3) is 0 Å². The molecule has 3 aromatic carbocycles. The summed E-state index contributed by atoms with van der Waals surface area (Å²) >= 11 is 0. The number of aliphatic hydroxyl groups excluding tert-OH is 1. The summed E-state index contributed by atoms with van der Waals surface area (Å²) in [5, 5.41) is 13.2. The van der Waals surface area contributed by atoms with Gasteiger partial charge in [0, 0.05) is 31.4 Å². The summed E-state index contributed by atoms with van der Waals surface area (Å²) in [7, 11) is -2.13. The second kappa shape index (κ2) is 16.3. The zero-order chi connectivity index (χ0) is 30.5. The number of nitrogens with one attached hydrogen (secondary N) is 1. The third-order valence-corrected chi connectivity index (χ3v) is 9.00. The summed E-state index contributed by atoms with van der Waals surface area (Å²) in [4.78, 5) is 15.2. The van der Waals surface area contributed by atoms with Crippen molar-refractivity contribution < 1.29 is 23.1 Å². The lowest BCUT2D eigenvalue weighted by atomic mass is 10.1. The maximum atomic E-state index is 13.5. The van der Waals surface area contributed by atoms with E-state index in [0.29, 0.717) is 38.9 Å². The maximum Gasteiger partial charge on any atom is 0.243 e. The first-order valence-electron chi connectivity index (χ1n) is 14.5. The lowest BCUT2D eigenvalue weighted by molar-refractivity contribution is -0.119. The van der Waals surface area contributed by atoms with E-state index in [-0.39, 0.29) is 29.9 Å². The molecule has 228 valence electrons. The Morgan fingerprint density at radius 3 is 2.21 bits per heavy atom. The van der Waals surface area contributed by atoms with Gasteiger partial charge in [0.05, 0.1) is 25.2 Å². The van der Waals surface area contributed by atoms with Gasteiger partial charge in [0.2, 0.25) is 15.9 Å². The van der Waals surface area contributed by atoms with E-state index < -0.39 is 16.1 Å². The summed E-state index contributed by atoms with van der Waals surface area (Å²) in [5.74, 6) is 0.796. The van der Waals surface area contributed by atoms with Crippen molar-refractivity contribution in [3.05, 3.63) is 90.0 Å². The molecule has 0 saturated carbocycles. The summed E-state index contributed by atoms with van der Waals surface area (Å²) in [6, 6.07) is 23.9. The number of nitrogens with zero attached hydrogens (tertiary/aromatic N) is 2. The molecule has 0 radical (unpaired) electrons. The van der Waals surface area contributed by atoms with Crippen LogP contribution in [0.4, 0.5) is 5.69 Å². The second-order valence-corrected chi connectivity index (χ2v) is 12.9. The number of hydrogen-bond donors (Lipinski definition) is 2. The van der Waals surface area contributed by atoms with Crippen LogP contribution in [0.3, 0.4) is 0 Å². The van der Waals surface area contributed by atoms with Crippen molar-refractivity contribution in [3.63, 3.8) is 0 Å². The number of unbranched alkanes of at least 4 members (excludes halogenated alkanes) is 1. The second-order valence-electron chi connectivity index (χ2n) is 11.0. The van der Waals surface area contributed by atoms with Crippen LogP contribution in [0, 0.1) is 12.8 Å². The van der Waals surface area contributed by atoms with Crippen molar-refractivity contribution >= 4 is 21.6 Å². The third-order valence-electron chi connectivity index (χ3n) is 7.07. The smallest absolute Gasteiger partial charge is 0.243 e. The van der Waals surface area contributed by atoms with Gasteiger partial charge in [-0.15, -0.1) is 0 Å². The topological polar surface area (TPSA) is 99.2 Å². The number of para-hydroxylation sites is 1. The molecule has 0 aromatic heterocycles. The molecule has 0 unspecified atom stereocenters. The van der Waals surface area contributed by atoms with Gasteiger partial charge in [-0.25, -0.2) is 8.42 Å². The van der Waals surface area contributed by atoms with Gasteiger partial charge in [-0.05, 0) is 67.6 Å². The van der Waals surface area contributed by atoms with Crippen molar-refractivity contribution in [2.75, 3.05) is 38.3 Å². The number of aryl methyl sites for hydroxylation is 1. The predicted molar refractivity (Wildman–Crippen MR) is 168 cm³/mol. The van der Waals surface area contributed by atoms with E-state index in [1.807, 2.05) is 80.3 Å². The Kier molecular flexibility index (Phi) is 12.8. The van der Waals surface area contributed by atoms with Crippen LogP contribution < -0.4 is 15.0 Å². The maximum absolute atomic E-state index is 13.5. The summed E-state index contributed by atoms with van der Waals surface area (Å²) in [6.45, 7) is 7.15. The Bertz CT molecular complexity index is 1330. The highest BCUT2D eigenvalue weighted by atomic mass is 32.2. The van der Waals surface area contributed by atoms with Crippen LogP contribution >= 0.6 is 0 Å². The van der Waals surface area contributed by atoms with Crippen molar-refractivity contribution in [2.45, 2.75) is 57.5 Å². The molecule has 42 heavy (non-hydrogen) atoms. The number of ether oxygens (including phenoxy) is 1. The fourth-order valence-electron chi connectivity index (χ4n) is 4.77. The number of hydrogen-bond acceptors (Lipinski definition) is 6. The van der Waals surface area contributed by atoms with Gasteiger partial charge < -0.3 is 20.1 Å². The molecule has 0 fully saturated rings. The zero-order valence-corrected chi connectivity index (χ0v) is 26.0. The average molecular weight is 596 g/mol. The molecule has 1 atom stereocenters. The molecule has 0 aliphatic carbocycles. The van der Waals surface area contributed by atoms with E-state index in [1.165, 1.54) is 4.31 Å². The van der Waals surface area contributed by atoms with E-state index >= 15 is 0 Å². The number of carbonyl (C=O) groups is 1. The monoisotopic (exact) mass is 595 g/mol. The number of amides is 1. The molecule has 8 nitrogen and oxygen atoms in total. The quantitative estimate of drug-likeness (QED) is 0.213. The van der Waals surface area contributed by atoms with Gasteiger partial charge >= 0.3 is 0 Å². The first-order valence-corrected chi connectivity index (χ1v) is 16.0. The van der Waals surface area contributed by atoms with Gasteiger partial charge in [0.1, 0.15) is 5.75 Å². The Labute approximate surface area is 251 Å². The highest BCUT2D eigenvalue weighted by Crippen LogP contribution is 2.23. The van der Waals surface area contributed by atoms with Crippen LogP contribution in [0.1, 0.15) is 44.2 Å². The molecule has 0 spiro atoms. The van der Waals surface area contributed by atoms with Gasteiger partial charge in [0.15, 0.2) is 0 Å². The predicted octanol–water partition coefficient (Wildman–Crippen LogP) is 5.00. The number of aliphatic hydroxyl groups is 1. The van der Waals surface area contributed by atoms with E-state index in [4.69, 9.17) is 4.74 Å². The van der Waals surface area contributed by atoms with E-state index in [2.05, 4.69) is 5.32 Å². The normalized spacial score (nSPS) is 12.4. The van der Waals surface area contributed by atoms with Crippen molar-refractivity contribution in [1.29, 1.82) is 0 Å². The molecule has 0 bridgehead atoms. The third kappa shape index (κ3) is 9.86. The Hall–Kier alpha value is -3.40. The summed E-state index contributed by atoms with van der Waals surface area (Å²) in [6.07, 6.45) is 1.84. The number of rotatable bonds is 17. The number of methoxy groups -OCH3 is 1. The number of sulfonamides is 1. The first kappa shape index (κ1) is 33.1. The van der Waals surface area contributed by atoms with E-state index in [0.717, 1.165) is 22.6 Å². The molecule has 0 saturated heterocycles. The van der Waals surface area contributed by atoms with Crippen LogP contribution in [-0.4, -0.2) is 63.1 Å². The van der Waals surface area contributed by atoms with Crippen molar-refractivity contribution in [3.8, 4) is 5.75 Å². The minimum atomic E-state index is -3.76. The van der Waals surface area contributed by atoms with Crippen LogP contribution in [0.5, 0.6) is 5.75 Å². The van der Waals surface area contributed by atoms with Gasteiger partial charge in [-0.2, -0.15) is 4.31 Å². The highest BCUT2D eigenvalue weighted by molar-refractivity contribution is 7.89. The fraction of sp³-hybridized carbons (Fsp3) is 0.424. The van der Waals surface area contributed by atoms with Gasteiger partial charge in [-0.3, -0.25) is 4.79 Å². The molecule has 9 heteroatoms. The number of carbonyl (C=O) groups excluding carboxylic acids is 1. The molecule has 0 aliphatic heterocycles. The van der Waals surface area contributed by atoms with Gasteiger partial charge in [-0.1, -0.05) is 68.3 Å². The van der Waals surface area contributed by atoms with Crippen LogP contribution in [0.2, 0.25) is 0 Å². The zero-order valence-electron chi connectivity index (χ0n) is 25.2. The largest absolute Gasteiger partial charge is 0.497 e. The molecule has 3 aromatic rings. The minimum absolute atomic E-state index is 0.0885. The summed E-state index contributed by atoms with van der Waals surface area (Å²) in [5.41, 5.74) is 3.00. The van der Waals surface area contributed by atoms with Crippen LogP contribution in [0.25, 0.3) is 0 Å². The van der Waals surface area contributed by atoms with E-state index in [9.17, 15) is 18.3 Å². The number of benzene rings is 3. The lowest BCUT2D eigenvalue weighted by Crippen LogP contribution is -2.44. The molecule has 0 aliphatic rings. The fourth-order valence-corrected chi connectivity index (χ4v) is 6.58. The first-order chi connectivity index (χ1) is 20.1. The average Bonchev–Trinajstić information content (AvgIpc) is 2.98. The van der Waals surface area contributed by atoms with Crippen molar-refractivity contribution in [2.24, 2.45) is 5.92 Å². The highest BCUT2D eigenvalue weighted by Gasteiger charge is 2.31. The minimum Gasteiger partial charge on any atom is -0.497 e. The van der Waals surface area contributed by atoms with E-state index in [1.54, 1.807) is 31.4 Å². The van der Waals surface area contributed by atoms with Crippen LogP contribution in [-0.2, 0) is 21.4 Å². The summed E-state index contributed by atoms with van der Waals surface area (Å²) < 4.78 is 33.7. The Morgan fingerprint density at radius 2 is 1.62 bits per heavy atom. The van der Waals surface area contributed by atoms with Crippen LogP contribution in [0.15, 0.2) is 83.8 Å². The molecule has 2 N–H and O–H groups in total. The standard InChI is InChI=1S/C33H45N3O5S/c1-26(2)22-36(42(39,40)32-19-13-27(3)14-20-32)30(25-37)12-8-9-21-34-33(38)24-35(29-10-6-5-7-11-29)23-28-15-17-31(41-4)18-16-28/h5-7,10-11,13-20,26,30,37H,8-9,12,21-25H2,1-4H3,(H,34,38)/t30-/m0/s1. The van der Waals surface area contributed by atoms with Crippen molar-refractivity contribution in [1.82, 2.24) is 9.62 Å². The number of anilines is 1. The Balaban J connectivity index is 1.55. The molecule has 1 amide bonds. The SMILES string of the molecule is COc1ccc(CN(CC(=O)NCCCC[C@@H](CO)N(CC(C)C)S(=O)(=O)c2ccc(C)cc2)c2ccccc2)cc1. The molecular weight excluding hydrogens is 550 g/mol. The molecular formula is C33H45N3O5S. The lowest BCUT2D eigenvalue weighted by Gasteiger charge is -2.31. The molecule has 3 rings (SSSR count). The molecule has 0 heterocycles.